The summed E-state index contributed by atoms with van der Waals surface area (Å²) in [5.41, 5.74) is 3.84. The predicted molar refractivity (Wildman–Crippen MR) is 137 cm³/mol. The van der Waals surface area contributed by atoms with E-state index in [0.717, 1.165) is 22.6 Å². The van der Waals surface area contributed by atoms with Gasteiger partial charge >= 0.3 is 6.09 Å². The van der Waals surface area contributed by atoms with Gasteiger partial charge in [-0.1, -0.05) is 35.9 Å². The molecule has 1 heterocycles. The highest BCUT2D eigenvalue weighted by molar-refractivity contribution is 5.70. The van der Waals surface area contributed by atoms with Crippen molar-refractivity contribution in [2.75, 3.05) is 13.7 Å². The Kier molecular flexibility index (Phi) is 7.90. The highest BCUT2D eigenvalue weighted by Gasteiger charge is 2.16. The summed E-state index contributed by atoms with van der Waals surface area (Å²) in [4.78, 5) is 18.9. The Bertz CT molecular complexity index is 1300. The van der Waals surface area contributed by atoms with Gasteiger partial charge in [-0.3, -0.25) is 0 Å². The molecule has 3 aromatic carbocycles. The van der Waals surface area contributed by atoms with E-state index >= 15 is 0 Å². The van der Waals surface area contributed by atoms with Gasteiger partial charge in [0.05, 0.1) is 7.11 Å². The number of hydrogen-bond donors (Lipinski definition) is 0. The zero-order valence-electron chi connectivity index (χ0n) is 21.0. The van der Waals surface area contributed by atoms with Crippen molar-refractivity contribution in [3.8, 4) is 28.7 Å². The standard InChI is InChI=1S/C29H30N2O5/c1-5-31(29(32)36-26-8-6-7-25(17-26)33-4)18-22-11-15-24(16-12-22)34-19-27-21(3)35-28(30-27)23-13-9-20(2)10-14-23/h6-17H,5,18-19H2,1-4H3. The molecule has 4 rings (SSSR count). The molecule has 7 nitrogen and oxygen atoms in total. The summed E-state index contributed by atoms with van der Waals surface area (Å²) in [5, 5.41) is 0. The summed E-state index contributed by atoms with van der Waals surface area (Å²) in [6, 6.07) is 22.7. The summed E-state index contributed by atoms with van der Waals surface area (Å²) in [5.74, 6) is 3.10. The summed E-state index contributed by atoms with van der Waals surface area (Å²) < 4.78 is 22.5. The van der Waals surface area contributed by atoms with Crippen LogP contribution in [0.3, 0.4) is 0 Å². The van der Waals surface area contributed by atoms with E-state index in [1.807, 2.05) is 69.3 Å². The first-order chi connectivity index (χ1) is 17.4. The Morgan fingerprint density at radius 2 is 1.67 bits per heavy atom. The highest BCUT2D eigenvalue weighted by Crippen LogP contribution is 2.24. The molecule has 0 atom stereocenters. The molecular weight excluding hydrogens is 456 g/mol. The third-order valence-electron chi connectivity index (χ3n) is 5.75. The Hall–Kier alpha value is -4.26. The van der Waals surface area contributed by atoms with Crippen LogP contribution in [0.15, 0.2) is 77.2 Å². The zero-order valence-corrected chi connectivity index (χ0v) is 21.0. The second kappa shape index (κ2) is 11.4. The van der Waals surface area contributed by atoms with Crippen molar-refractivity contribution in [3.63, 3.8) is 0 Å². The number of methoxy groups -OCH3 is 1. The van der Waals surface area contributed by atoms with Gasteiger partial charge in [-0.05, 0) is 62.7 Å². The topological polar surface area (TPSA) is 74.0 Å². The van der Waals surface area contributed by atoms with Crippen molar-refractivity contribution in [3.05, 3.63) is 95.4 Å². The number of carbonyl (C=O) groups excluding carboxylic acids is 1. The Balaban J connectivity index is 1.33. The zero-order chi connectivity index (χ0) is 25.5. The second-order valence-corrected chi connectivity index (χ2v) is 8.38. The van der Waals surface area contributed by atoms with E-state index < -0.39 is 6.09 Å². The van der Waals surface area contributed by atoms with Gasteiger partial charge in [0.2, 0.25) is 5.89 Å². The maximum atomic E-state index is 12.6. The SMILES string of the molecule is CCN(Cc1ccc(OCc2nc(-c3ccc(C)cc3)oc2C)cc1)C(=O)Oc1cccc(OC)c1. The number of ether oxygens (including phenoxy) is 3. The average Bonchev–Trinajstić information content (AvgIpc) is 3.27. The summed E-state index contributed by atoms with van der Waals surface area (Å²) in [6.45, 7) is 7.07. The quantitative estimate of drug-likeness (QED) is 0.266. The molecule has 0 aliphatic rings. The van der Waals surface area contributed by atoms with Crippen molar-refractivity contribution >= 4 is 6.09 Å². The van der Waals surface area contributed by atoms with Crippen LogP contribution in [-0.4, -0.2) is 29.6 Å². The fourth-order valence-electron chi connectivity index (χ4n) is 3.58. The number of rotatable bonds is 9. The molecule has 0 unspecified atom stereocenters. The molecule has 0 saturated carbocycles. The van der Waals surface area contributed by atoms with Crippen LogP contribution >= 0.6 is 0 Å². The van der Waals surface area contributed by atoms with E-state index in [1.165, 1.54) is 5.56 Å². The number of hydrogen-bond acceptors (Lipinski definition) is 6. The Labute approximate surface area is 211 Å². The molecule has 0 saturated heterocycles. The molecule has 4 aromatic rings. The van der Waals surface area contributed by atoms with Gasteiger partial charge in [0, 0.05) is 24.7 Å². The van der Waals surface area contributed by atoms with Gasteiger partial charge in [0.15, 0.2) is 0 Å². The maximum Gasteiger partial charge on any atom is 0.415 e. The summed E-state index contributed by atoms with van der Waals surface area (Å²) in [6.07, 6.45) is -0.419. The number of amides is 1. The molecule has 0 aliphatic heterocycles. The minimum absolute atomic E-state index is 0.300. The van der Waals surface area contributed by atoms with Gasteiger partial charge in [-0.25, -0.2) is 9.78 Å². The van der Waals surface area contributed by atoms with Crippen molar-refractivity contribution in [1.29, 1.82) is 0 Å². The smallest absolute Gasteiger partial charge is 0.415 e. The maximum absolute atomic E-state index is 12.6. The molecular formula is C29H30N2O5. The lowest BCUT2D eigenvalue weighted by atomic mass is 10.1. The van der Waals surface area contributed by atoms with Gasteiger partial charge < -0.3 is 23.5 Å². The van der Waals surface area contributed by atoms with Gasteiger partial charge in [0.1, 0.15) is 35.3 Å². The number of aromatic nitrogens is 1. The fraction of sp³-hybridized carbons (Fsp3) is 0.241. The van der Waals surface area contributed by atoms with E-state index in [1.54, 1.807) is 36.3 Å². The van der Waals surface area contributed by atoms with Crippen molar-refractivity contribution in [2.45, 2.75) is 33.9 Å². The molecule has 186 valence electrons. The molecule has 0 fully saturated rings. The Morgan fingerprint density at radius 3 is 2.36 bits per heavy atom. The number of aryl methyl sites for hydroxylation is 2. The molecule has 0 radical (unpaired) electrons. The molecule has 0 spiro atoms. The number of nitrogens with zero attached hydrogens (tertiary/aromatic N) is 2. The summed E-state index contributed by atoms with van der Waals surface area (Å²) in [7, 11) is 1.57. The van der Waals surface area contributed by atoms with E-state index in [9.17, 15) is 4.79 Å². The Morgan fingerprint density at radius 1 is 0.944 bits per heavy atom. The van der Waals surface area contributed by atoms with E-state index in [-0.39, 0.29) is 0 Å². The number of benzene rings is 3. The molecule has 0 N–H and O–H groups in total. The van der Waals surface area contributed by atoms with Crippen LogP contribution in [0.5, 0.6) is 17.2 Å². The number of carbonyl (C=O) groups is 1. The lowest BCUT2D eigenvalue weighted by Crippen LogP contribution is -2.32. The molecule has 36 heavy (non-hydrogen) atoms. The van der Waals surface area contributed by atoms with Crippen LogP contribution in [0.25, 0.3) is 11.5 Å². The fourth-order valence-corrected chi connectivity index (χ4v) is 3.58. The first kappa shape index (κ1) is 24.9. The van der Waals surface area contributed by atoms with Crippen LogP contribution in [-0.2, 0) is 13.2 Å². The molecule has 1 amide bonds. The van der Waals surface area contributed by atoms with Crippen LogP contribution in [0.2, 0.25) is 0 Å². The van der Waals surface area contributed by atoms with E-state index in [4.69, 9.17) is 18.6 Å². The van der Waals surface area contributed by atoms with Crippen molar-refractivity contribution < 1.29 is 23.4 Å². The molecule has 1 aromatic heterocycles. The molecule has 0 aliphatic carbocycles. The highest BCUT2D eigenvalue weighted by atomic mass is 16.6. The van der Waals surface area contributed by atoms with E-state index in [0.29, 0.717) is 42.8 Å². The van der Waals surface area contributed by atoms with Crippen LogP contribution in [0.4, 0.5) is 4.79 Å². The van der Waals surface area contributed by atoms with Gasteiger partial charge in [-0.15, -0.1) is 0 Å². The van der Waals surface area contributed by atoms with Crippen molar-refractivity contribution in [2.24, 2.45) is 0 Å². The summed E-state index contributed by atoms with van der Waals surface area (Å²) >= 11 is 0. The normalized spacial score (nSPS) is 10.7. The lowest BCUT2D eigenvalue weighted by Gasteiger charge is -2.20. The molecule has 7 heteroatoms. The second-order valence-electron chi connectivity index (χ2n) is 8.38. The first-order valence-electron chi connectivity index (χ1n) is 11.8. The van der Waals surface area contributed by atoms with Crippen LogP contribution in [0.1, 0.15) is 29.5 Å². The monoisotopic (exact) mass is 486 g/mol. The third kappa shape index (κ3) is 6.24. The minimum Gasteiger partial charge on any atom is -0.497 e. The van der Waals surface area contributed by atoms with Crippen molar-refractivity contribution in [1.82, 2.24) is 9.88 Å². The number of oxazole rings is 1. The van der Waals surface area contributed by atoms with Crippen LogP contribution < -0.4 is 14.2 Å². The first-order valence-corrected chi connectivity index (χ1v) is 11.8. The largest absolute Gasteiger partial charge is 0.497 e. The van der Waals surface area contributed by atoms with E-state index in [2.05, 4.69) is 4.98 Å². The van der Waals surface area contributed by atoms with Crippen LogP contribution in [0, 0.1) is 13.8 Å². The minimum atomic E-state index is -0.419. The molecule has 0 bridgehead atoms. The predicted octanol–water partition coefficient (Wildman–Crippen LogP) is 6.57. The lowest BCUT2D eigenvalue weighted by molar-refractivity contribution is 0.152. The third-order valence-corrected chi connectivity index (χ3v) is 5.75. The van der Waals surface area contributed by atoms with Gasteiger partial charge in [0.25, 0.3) is 0 Å². The average molecular weight is 487 g/mol. The van der Waals surface area contributed by atoms with Gasteiger partial charge in [-0.2, -0.15) is 0 Å².